The van der Waals surface area contributed by atoms with Crippen molar-refractivity contribution >= 4 is 22.9 Å². The lowest BCUT2D eigenvalue weighted by atomic mass is 9.92. The summed E-state index contributed by atoms with van der Waals surface area (Å²) in [6, 6.07) is 0. The number of hydrogen-bond acceptors (Lipinski definition) is 5. The molecular formula is C10H17ClN2O2S. The van der Waals surface area contributed by atoms with Gasteiger partial charge in [0.1, 0.15) is 0 Å². The van der Waals surface area contributed by atoms with Gasteiger partial charge in [0.15, 0.2) is 4.47 Å². The summed E-state index contributed by atoms with van der Waals surface area (Å²) in [5.41, 5.74) is -0.469. The number of aromatic nitrogens is 1. The largest absolute Gasteiger partial charge is 0.396 e. The second kappa shape index (κ2) is 5.93. The Labute approximate surface area is 104 Å². The van der Waals surface area contributed by atoms with Gasteiger partial charge in [0.25, 0.3) is 0 Å². The second-order valence-corrected chi connectivity index (χ2v) is 6.08. The zero-order chi connectivity index (χ0) is 12.2. The number of thiazole rings is 1. The lowest BCUT2D eigenvalue weighted by Crippen LogP contribution is -2.38. The molecule has 1 aromatic heterocycles. The maximum atomic E-state index is 9.19. The maximum Gasteiger partial charge on any atom is 0.183 e. The summed E-state index contributed by atoms with van der Waals surface area (Å²) in [6.45, 7) is 3.13. The number of nitrogens with zero attached hydrogens (tertiary/aromatic N) is 2. The van der Waals surface area contributed by atoms with Crippen LogP contribution < -0.4 is 0 Å². The summed E-state index contributed by atoms with van der Waals surface area (Å²) in [6.07, 6.45) is 1.75. The minimum Gasteiger partial charge on any atom is -0.396 e. The molecule has 0 aliphatic heterocycles. The van der Waals surface area contributed by atoms with E-state index in [-0.39, 0.29) is 13.2 Å². The Morgan fingerprint density at radius 1 is 1.50 bits per heavy atom. The molecule has 0 aromatic carbocycles. The van der Waals surface area contributed by atoms with Crippen LogP contribution in [-0.4, -0.2) is 46.9 Å². The van der Waals surface area contributed by atoms with Crippen LogP contribution >= 0.6 is 22.9 Å². The van der Waals surface area contributed by atoms with Crippen molar-refractivity contribution in [1.82, 2.24) is 9.88 Å². The third-order valence-electron chi connectivity index (χ3n) is 2.37. The molecule has 0 fully saturated rings. The predicted octanol–water partition coefficient (Wildman–Crippen LogP) is 1.22. The van der Waals surface area contributed by atoms with Crippen molar-refractivity contribution in [2.75, 3.05) is 26.8 Å². The third-order valence-corrected chi connectivity index (χ3v) is 3.47. The first kappa shape index (κ1) is 13.9. The predicted molar refractivity (Wildman–Crippen MR) is 65.7 cm³/mol. The van der Waals surface area contributed by atoms with Crippen LogP contribution in [0.5, 0.6) is 0 Å². The van der Waals surface area contributed by atoms with E-state index in [1.54, 1.807) is 6.20 Å². The molecule has 0 radical (unpaired) electrons. The Kier molecular flexibility index (Phi) is 5.14. The first-order chi connectivity index (χ1) is 7.49. The smallest absolute Gasteiger partial charge is 0.183 e. The van der Waals surface area contributed by atoms with Crippen LogP contribution in [0.3, 0.4) is 0 Å². The minimum atomic E-state index is -0.469. The number of rotatable bonds is 6. The van der Waals surface area contributed by atoms with Crippen molar-refractivity contribution < 1.29 is 10.2 Å². The third kappa shape index (κ3) is 3.99. The molecule has 16 heavy (non-hydrogen) atoms. The molecule has 1 aromatic rings. The number of aliphatic hydroxyl groups excluding tert-OH is 2. The SMILES string of the molecule is CN(Cc1cnc(Cl)s1)CC(C)(CO)CO. The molecule has 4 nitrogen and oxygen atoms in total. The number of halogens is 1. The van der Waals surface area contributed by atoms with Gasteiger partial charge in [-0.2, -0.15) is 0 Å². The van der Waals surface area contributed by atoms with Crippen LogP contribution in [0.4, 0.5) is 0 Å². The van der Waals surface area contributed by atoms with E-state index < -0.39 is 5.41 Å². The molecule has 0 spiro atoms. The fourth-order valence-corrected chi connectivity index (χ4v) is 2.54. The summed E-state index contributed by atoms with van der Waals surface area (Å²) >= 11 is 7.19. The zero-order valence-electron chi connectivity index (χ0n) is 9.48. The van der Waals surface area contributed by atoms with Crippen molar-refractivity contribution in [3.63, 3.8) is 0 Å². The van der Waals surface area contributed by atoms with E-state index in [2.05, 4.69) is 4.98 Å². The van der Waals surface area contributed by atoms with Gasteiger partial charge in [-0.25, -0.2) is 4.98 Å². The summed E-state index contributed by atoms with van der Waals surface area (Å²) in [5.74, 6) is 0. The van der Waals surface area contributed by atoms with E-state index in [1.165, 1.54) is 11.3 Å². The molecule has 1 heterocycles. The van der Waals surface area contributed by atoms with Crippen LogP contribution in [0.1, 0.15) is 11.8 Å². The highest BCUT2D eigenvalue weighted by Crippen LogP contribution is 2.21. The van der Waals surface area contributed by atoms with Gasteiger partial charge < -0.3 is 15.1 Å². The Morgan fingerprint density at radius 2 is 2.12 bits per heavy atom. The van der Waals surface area contributed by atoms with E-state index >= 15 is 0 Å². The van der Waals surface area contributed by atoms with Crippen LogP contribution in [-0.2, 0) is 6.54 Å². The molecule has 0 aliphatic carbocycles. The van der Waals surface area contributed by atoms with Crippen LogP contribution in [0.2, 0.25) is 4.47 Å². The van der Waals surface area contributed by atoms with Crippen molar-refractivity contribution in [2.24, 2.45) is 5.41 Å². The van der Waals surface area contributed by atoms with Crippen molar-refractivity contribution in [3.8, 4) is 0 Å². The Morgan fingerprint density at radius 3 is 2.56 bits per heavy atom. The molecule has 6 heteroatoms. The van der Waals surface area contributed by atoms with Crippen molar-refractivity contribution in [1.29, 1.82) is 0 Å². The van der Waals surface area contributed by atoms with E-state index in [0.29, 0.717) is 11.0 Å². The van der Waals surface area contributed by atoms with Gasteiger partial charge in [-0.15, -0.1) is 11.3 Å². The molecule has 2 N–H and O–H groups in total. The lowest BCUT2D eigenvalue weighted by Gasteiger charge is -2.29. The van der Waals surface area contributed by atoms with Crippen LogP contribution in [0.15, 0.2) is 6.20 Å². The fourth-order valence-electron chi connectivity index (χ4n) is 1.48. The average Bonchev–Trinajstić information content (AvgIpc) is 2.63. The molecule has 92 valence electrons. The molecule has 0 atom stereocenters. The topological polar surface area (TPSA) is 56.6 Å². The van der Waals surface area contributed by atoms with Gasteiger partial charge in [0, 0.05) is 29.6 Å². The Balaban J connectivity index is 2.50. The van der Waals surface area contributed by atoms with Crippen LogP contribution in [0, 0.1) is 5.41 Å². The standard InChI is InChI=1S/C10H17ClN2O2S/c1-10(6-14,7-15)5-13(2)4-8-3-12-9(11)16-8/h3,14-15H,4-7H2,1-2H3. The number of hydrogen-bond donors (Lipinski definition) is 2. The van der Waals surface area contributed by atoms with E-state index in [4.69, 9.17) is 11.6 Å². The van der Waals surface area contributed by atoms with Gasteiger partial charge in [-0.3, -0.25) is 0 Å². The quantitative estimate of drug-likeness (QED) is 0.811. The molecule has 0 amide bonds. The molecule has 0 aliphatic rings. The average molecular weight is 265 g/mol. The van der Waals surface area contributed by atoms with Gasteiger partial charge in [0.2, 0.25) is 0 Å². The second-order valence-electron chi connectivity index (χ2n) is 4.38. The molecule has 1 rings (SSSR count). The van der Waals surface area contributed by atoms with Gasteiger partial charge >= 0.3 is 0 Å². The molecular weight excluding hydrogens is 248 g/mol. The zero-order valence-corrected chi connectivity index (χ0v) is 11.1. The summed E-state index contributed by atoms with van der Waals surface area (Å²) in [4.78, 5) is 7.08. The van der Waals surface area contributed by atoms with Crippen molar-refractivity contribution in [2.45, 2.75) is 13.5 Å². The fraction of sp³-hybridized carbons (Fsp3) is 0.700. The number of aliphatic hydroxyl groups is 2. The highest BCUT2D eigenvalue weighted by atomic mass is 35.5. The maximum absolute atomic E-state index is 9.19. The molecule has 0 saturated heterocycles. The van der Waals surface area contributed by atoms with Crippen molar-refractivity contribution in [3.05, 3.63) is 15.5 Å². The van der Waals surface area contributed by atoms with Gasteiger partial charge in [-0.05, 0) is 7.05 Å². The van der Waals surface area contributed by atoms with Gasteiger partial charge in [-0.1, -0.05) is 18.5 Å². The molecule has 0 unspecified atom stereocenters. The lowest BCUT2D eigenvalue weighted by molar-refractivity contribution is 0.0404. The molecule has 0 bridgehead atoms. The Hall–Kier alpha value is -0.200. The summed E-state index contributed by atoms with van der Waals surface area (Å²) < 4.78 is 0.537. The molecule has 0 saturated carbocycles. The monoisotopic (exact) mass is 264 g/mol. The normalized spacial score (nSPS) is 12.4. The first-order valence-corrected chi connectivity index (χ1v) is 6.19. The summed E-state index contributed by atoms with van der Waals surface area (Å²) in [7, 11) is 1.94. The van der Waals surface area contributed by atoms with E-state index in [1.807, 2.05) is 18.9 Å². The summed E-state index contributed by atoms with van der Waals surface area (Å²) in [5, 5.41) is 18.4. The van der Waals surface area contributed by atoms with Crippen LogP contribution in [0.25, 0.3) is 0 Å². The highest BCUT2D eigenvalue weighted by molar-refractivity contribution is 7.15. The Bertz CT molecular complexity index is 328. The van der Waals surface area contributed by atoms with E-state index in [0.717, 1.165) is 11.4 Å². The minimum absolute atomic E-state index is 0.0305. The highest BCUT2D eigenvalue weighted by Gasteiger charge is 2.24. The van der Waals surface area contributed by atoms with Gasteiger partial charge in [0.05, 0.1) is 13.2 Å². The first-order valence-electron chi connectivity index (χ1n) is 4.99. The van der Waals surface area contributed by atoms with E-state index in [9.17, 15) is 10.2 Å².